The predicted octanol–water partition coefficient (Wildman–Crippen LogP) is 4.85. The second-order valence-corrected chi connectivity index (χ2v) is 6.21. The van der Waals surface area contributed by atoms with Gasteiger partial charge in [0, 0.05) is 24.4 Å². The van der Waals surface area contributed by atoms with Crippen LogP contribution >= 0.6 is 0 Å². The van der Waals surface area contributed by atoms with Gasteiger partial charge in [-0.25, -0.2) is 0 Å². The number of benzene rings is 2. The Morgan fingerprint density at radius 1 is 1.09 bits per heavy atom. The van der Waals surface area contributed by atoms with E-state index in [2.05, 4.69) is 37.0 Å². The van der Waals surface area contributed by atoms with E-state index in [1.165, 1.54) is 11.1 Å². The highest BCUT2D eigenvalue weighted by Crippen LogP contribution is 2.23. The first-order valence-corrected chi connectivity index (χ1v) is 8.04. The van der Waals surface area contributed by atoms with Crippen molar-refractivity contribution in [3.63, 3.8) is 0 Å². The van der Waals surface area contributed by atoms with Gasteiger partial charge in [-0.2, -0.15) is 0 Å². The molecule has 0 amide bonds. The van der Waals surface area contributed by atoms with Gasteiger partial charge in [0.25, 0.3) is 0 Å². The number of aromatic nitrogens is 1. The van der Waals surface area contributed by atoms with Gasteiger partial charge >= 0.3 is 0 Å². The van der Waals surface area contributed by atoms with Crippen LogP contribution in [0.15, 0.2) is 60.8 Å². The van der Waals surface area contributed by atoms with Crippen molar-refractivity contribution >= 4 is 16.7 Å². The van der Waals surface area contributed by atoms with Crippen molar-refractivity contribution in [3.8, 4) is 0 Å². The minimum absolute atomic E-state index is 0.255. The molecule has 3 aromatic rings. The summed E-state index contributed by atoms with van der Waals surface area (Å²) < 4.78 is 0. The molecule has 0 saturated carbocycles. The van der Waals surface area contributed by atoms with Gasteiger partial charge in [0.05, 0.1) is 5.52 Å². The molecule has 2 heteroatoms. The summed E-state index contributed by atoms with van der Waals surface area (Å²) in [6.45, 7) is 4.23. The Kier molecular flexibility index (Phi) is 4.52. The lowest BCUT2D eigenvalue weighted by Gasteiger charge is -2.14. The number of fused-ring (bicyclic) bond motifs is 1. The van der Waals surface area contributed by atoms with Crippen molar-refractivity contribution in [1.29, 1.82) is 0 Å². The zero-order valence-electron chi connectivity index (χ0n) is 13.6. The fourth-order valence-electron chi connectivity index (χ4n) is 3.13. The van der Waals surface area contributed by atoms with Crippen LogP contribution in [-0.2, 0) is 11.2 Å². The third-order valence-corrected chi connectivity index (χ3v) is 4.32. The van der Waals surface area contributed by atoms with Crippen molar-refractivity contribution in [2.45, 2.75) is 32.6 Å². The summed E-state index contributed by atoms with van der Waals surface area (Å²) in [7, 11) is 0. The highest BCUT2D eigenvalue weighted by Gasteiger charge is 2.13. The van der Waals surface area contributed by atoms with Crippen LogP contribution in [0.2, 0.25) is 0 Å². The zero-order chi connectivity index (χ0) is 16.2. The number of carbonyl (C=O) groups excluding carboxylic acids is 1. The van der Waals surface area contributed by atoms with E-state index in [0.717, 1.165) is 16.5 Å². The molecule has 0 bridgehead atoms. The first kappa shape index (κ1) is 15.4. The van der Waals surface area contributed by atoms with Crippen LogP contribution in [0.25, 0.3) is 10.9 Å². The van der Waals surface area contributed by atoms with Gasteiger partial charge in [0.1, 0.15) is 5.78 Å². The van der Waals surface area contributed by atoms with Crippen LogP contribution < -0.4 is 0 Å². The summed E-state index contributed by atoms with van der Waals surface area (Å²) in [5.41, 5.74) is 4.55. The monoisotopic (exact) mass is 303 g/mol. The van der Waals surface area contributed by atoms with E-state index in [1.807, 2.05) is 36.4 Å². The van der Waals surface area contributed by atoms with Gasteiger partial charge in [-0.05, 0) is 47.7 Å². The minimum atomic E-state index is 0.255. The van der Waals surface area contributed by atoms with Crippen molar-refractivity contribution in [2.75, 3.05) is 0 Å². The molecule has 23 heavy (non-hydrogen) atoms. The fourth-order valence-corrected chi connectivity index (χ4v) is 3.13. The average Bonchev–Trinajstić information content (AvgIpc) is 2.55. The molecule has 0 radical (unpaired) electrons. The highest BCUT2D eigenvalue weighted by molar-refractivity contribution is 5.84. The molecule has 0 aliphatic rings. The van der Waals surface area contributed by atoms with E-state index < -0.39 is 0 Å². The molecule has 3 rings (SSSR count). The number of ketones is 1. The third-order valence-electron chi connectivity index (χ3n) is 4.32. The number of nitrogens with zero attached hydrogens (tertiary/aromatic N) is 1. The molecular formula is C21H21NO. The van der Waals surface area contributed by atoms with Gasteiger partial charge in [-0.3, -0.25) is 9.78 Å². The lowest BCUT2D eigenvalue weighted by molar-refractivity contribution is -0.118. The first-order chi connectivity index (χ1) is 11.1. The minimum Gasteiger partial charge on any atom is -0.299 e. The van der Waals surface area contributed by atoms with E-state index in [0.29, 0.717) is 12.8 Å². The lowest BCUT2D eigenvalue weighted by Crippen LogP contribution is -2.08. The van der Waals surface area contributed by atoms with Gasteiger partial charge < -0.3 is 0 Å². The number of rotatable bonds is 5. The molecule has 1 atom stereocenters. The maximum absolute atomic E-state index is 12.4. The van der Waals surface area contributed by atoms with Gasteiger partial charge in [0.2, 0.25) is 0 Å². The molecule has 0 aliphatic heterocycles. The molecule has 1 unspecified atom stereocenters. The van der Waals surface area contributed by atoms with Crippen LogP contribution in [0.4, 0.5) is 0 Å². The molecule has 1 aromatic heterocycles. The molecule has 0 spiro atoms. The Morgan fingerprint density at radius 3 is 2.74 bits per heavy atom. The van der Waals surface area contributed by atoms with Gasteiger partial charge in [-0.15, -0.1) is 0 Å². The van der Waals surface area contributed by atoms with Crippen molar-refractivity contribution < 1.29 is 4.79 Å². The van der Waals surface area contributed by atoms with Crippen molar-refractivity contribution in [3.05, 3.63) is 77.5 Å². The number of hydrogen-bond donors (Lipinski definition) is 0. The Labute approximate surface area is 137 Å². The fraction of sp³-hybridized carbons (Fsp3) is 0.238. The Morgan fingerprint density at radius 2 is 1.91 bits per heavy atom. The summed E-state index contributed by atoms with van der Waals surface area (Å²) in [6.07, 6.45) is 2.86. The van der Waals surface area contributed by atoms with Gasteiger partial charge in [0.15, 0.2) is 0 Å². The van der Waals surface area contributed by atoms with Crippen LogP contribution in [-0.4, -0.2) is 10.8 Å². The maximum atomic E-state index is 12.4. The molecule has 0 N–H and O–H groups in total. The molecule has 0 saturated heterocycles. The average molecular weight is 303 g/mol. The normalized spacial score (nSPS) is 12.3. The topological polar surface area (TPSA) is 30.0 Å². The predicted molar refractivity (Wildman–Crippen MR) is 94.7 cm³/mol. The van der Waals surface area contributed by atoms with E-state index in [4.69, 9.17) is 0 Å². The second kappa shape index (κ2) is 6.74. The molecular weight excluding hydrogens is 282 g/mol. The van der Waals surface area contributed by atoms with E-state index >= 15 is 0 Å². The number of aryl methyl sites for hydroxylation is 1. The first-order valence-electron chi connectivity index (χ1n) is 8.04. The third kappa shape index (κ3) is 3.65. The van der Waals surface area contributed by atoms with Crippen LogP contribution in [0.3, 0.4) is 0 Å². The van der Waals surface area contributed by atoms with Crippen LogP contribution in [0.5, 0.6) is 0 Å². The number of Topliss-reactive ketones (excluding diaryl/α,β-unsaturated/α-hetero) is 1. The second-order valence-electron chi connectivity index (χ2n) is 6.21. The Balaban J connectivity index is 1.69. The van der Waals surface area contributed by atoms with Gasteiger partial charge in [-0.1, -0.05) is 43.3 Å². The van der Waals surface area contributed by atoms with Crippen molar-refractivity contribution in [2.24, 2.45) is 0 Å². The summed E-state index contributed by atoms with van der Waals surface area (Å²) in [5, 5.41) is 1.09. The zero-order valence-corrected chi connectivity index (χ0v) is 13.6. The molecule has 1 heterocycles. The standard InChI is InChI=1S/C21H21NO/c1-15-6-3-4-8-20(15)16(2)12-19(23)14-17-9-10-21-18(13-17)7-5-11-22-21/h3-11,13,16H,12,14H2,1-2H3. The molecule has 116 valence electrons. The molecule has 2 nitrogen and oxygen atoms in total. The van der Waals surface area contributed by atoms with E-state index in [-0.39, 0.29) is 11.7 Å². The summed E-state index contributed by atoms with van der Waals surface area (Å²) in [4.78, 5) is 16.7. The summed E-state index contributed by atoms with van der Waals surface area (Å²) in [5.74, 6) is 0.537. The largest absolute Gasteiger partial charge is 0.299 e. The van der Waals surface area contributed by atoms with E-state index in [9.17, 15) is 4.79 Å². The quantitative estimate of drug-likeness (QED) is 0.674. The van der Waals surface area contributed by atoms with Crippen LogP contribution in [0, 0.1) is 6.92 Å². The van der Waals surface area contributed by atoms with E-state index in [1.54, 1.807) is 6.20 Å². The number of carbonyl (C=O) groups is 1. The maximum Gasteiger partial charge on any atom is 0.137 e. The Bertz CT molecular complexity index is 838. The number of hydrogen-bond acceptors (Lipinski definition) is 2. The van der Waals surface area contributed by atoms with Crippen molar-refractivity contribution in [1.82, 2.24) is 4.98 Å². The smallest absolute Gasteiger partial charge is 0.137 e. The summed E-state index contributed by atoms with van der Waals surface area (Å²) >= 11 is 0. The van der Waals surface area contributed by atoms with Crippen LogP contribution in [0.1, 0.15) is 36.0 Å². The number of pyridine rings is 1. The molecule has 0 aliphatic carbocycles. The summed E-state index contributed by atoms with van der Waals surface area (Å²) in [6, 6.07) is 18.3. The lowest BCUT2D eigenvalue weighted by atomic mass is 9.90. The highest BCUT2D eigenvalue weighted by atomic mass is 16.1. The Hall–Kier alpha value is -2.48. The SMILES string of the molecule is Cc1ccccc1C(C)CC(=O)Cc1ccc2ncccc2c1. The molecule has 2 aromatic carbocycles. The molecule has 0 fully saturated rings.